The van der Waals surface area contributed by atoms with Crippen molar-refractivity contribution in [3.8, 4) is 0 Å². The van der Waals surface area contributed by atoms with Gasteiger partial charge in [0.2, 0.25) is 0 Å². The van der Waals surface area contributed by atoms with Crippen molar-refractivity contribution in [3.05, 3.63) is 0 Å². The predicted molar refractivity (Wildman–Crippen MR) is 40.1 cm³/mol. The van der Waals surface area contributed by atoms with Gasteiger partial charge in [0, 0.05) is 0 Å². The first-order chi connectivity index (χ1) is 5.68. The maximum atomic E-state index is 10.5. The van der Waals surface area contributed by atoms with E-state index < -0.39 is 25.0 Å². The minimum absolute atomic E-state index is 0.109. The second kappa shape index (κ2) is 5.17. The monoisotopic (exact) mass is 360 g/mol. The fourth-order valence-electron chi connectivity index (χ4n) is 1.43. The topological polar surface area (TPSA) is 35.5 Å². The van der Waals surface area contributed by atoms with Crippen LogP contribution in [0.3, 0.4) is 0 Å². The van der Waals surface area contributed by atoms with Crippen molar-refractivity contribution in [1.82, 2.24) is 0 Å². The summed E-state index contributed by atoms with van der Waals surface area (Å²) in [5, 5.41) is 0. The van der Waals surface area contributed by atoms with Gasteiger partial charge in [-0.2, -0.15) is 0 Å². The third-order valence-corrected chi connectivity index (χ3v) is 7.86. The number of carbonyl (C=O) groups is 1. The molecule has 0 aromatic rings. The summed E-state index contributed by atoms with van der Waals surface area (Å²) in [5.74, 6) is -0.109. The molecule has 0 saturated carbocycles. The van der Waals surface area contributed by atoms with E-state index in [2.05, 4.69) is 6.92 Å². The van der Waals surface area contributed by atoms with Crippen LogP contribution >= 0.6 is 0 Å². The molecule has 1 aliphatic rings. The number of carbonyl (C=O) groups excluding carboxylic acids is 1. The van der Waals surface area contributed by atoms with Crippen molar-refractivity contribution < 1.29 is 37.2 Å². The van der Waals surface area contributed by atoms with Gasteiger partial charge in [-0.1, -0.05) is 0 Å². The summed E-state index contributed by atoms with van der Waals surface area (Å²) >= 11 is -1.36. The van der Waals surface area contributed by atoms with Crippen molar-refractivity contribution in [2.45, 2.75) is 42.8 Å². The Morgan fingerprint density at radius 2 is 2.42 bits per heavy atom. The quantitative estimate of drug-likeness (QED) is 0.718. The van der Waals surface area contributed by atoms with Crippen LogP contribution in [0.4, 0.5) is 0 Å². The van der Waals surface area contributed by atoms with Gasteiger partial charge in [-0.05, 0) is 0 Å². The van der Waals surface area contributed by atoms with Crippen LogP contribution in [0.1, 0.15) is 26.7 Å². The Balaban J connectivity index is 2.04. The molecule has 12 heavy (non-hydrogen) atoms. The first kappa shape index (κ1) is 10.4. The second-order valence-electron chi connectivity index (χ2n) is 3.27. The summed E-state index contributed by atoms with van der Waals surface area (Å²) in [6.45, 7) is 3.58. The molecule has 1 saturated heterocycles. The third kappa shape index (κ3) is 3.85. The molecule has 0 aromatic carbocycles. The Morgan fingerprint density at radius 1 is 1.67 bits per heavy atom. The van der Waals surface area contributed by atoms with E-state index in [0.29, 0.717) is 12.2 Å². The molecule has 0 radical (unpaired) electrons. The van der Waals surface area contributed by atoms with E-state index in [9.17, 15) is 4.79 Å². The zero-order valence-electron chi connectivity index (χ0n) is 7.71. The minimum atomic E-state index is -1.36. The van der Waals surface area contributed by atoms with E-state index in [-0.39, 0.29) is 5.97 Å². The number of hydrogen-bond donors (Lipinski definition) is 0. The molecule has 0 amide bonds. The van der Waals surface area contributed by atoms with Gasteiger partial charge in [-0.25, -0.2) is 0 Å². The molecule has 2 unspecified atom stereocenters. The molecule has 66 valence electrons. The van der Waals surface area contributed by atoms with E-state index in [0.717, 1.165) is 10.4 Å². The fraction of sp³-hybridized carbons (Fsp3) is 0.875. The van der Waals surface area contributed by atoms with E-state index in [1.54, 1.807) is 0 Å². The van der Waals surface area contributed by atoms with Gasteiger partial charge >= 0.3 is 86.0 Å². The first-order valence-corrected chi connectivity index (χ1v) is 10.6. The van der Waals surface area contributed by atoms with Gasteiger partial charge in [0.15, 0.2) is 0 Å². The average molecular weight is 359 g/mol. The van der Waals surface area contributed by atoms with Crippen LogP contribution in [-0.4, -0.2) is 18.2 Å². The van der Waals surface area contributed by atoms with Gasteiger partial charge < -0.3 is 0 Å². The summed E-state index contributed by atoms with van der Waals surface area (Å²) < 4.78 is 11.7. The molecule has 1 fully saturated rings. The zero-order valence-corrected chi connectivity index (χ0v) is 13.2. The van der Waals surface area contributed by atoms with Gasteiger partial charge in [-0.15, -0.1) is 0 Å². The summed E-state index contributed by atoms with van der Waals surface area (Å²) in [7, 11) is 0. The van der Waals surface area contributed by atoms with Crippen LogP contribution in [0.5, 0.6) is 0 Å². The summed E-state index contributed by atoms with van der Waals surface area (Å²) in [6, 6.07) is 0. The molecule has 1 heterocycles. The van der Waals surface area contributed by atoms with Crippen LogP contribution in [0.25, 0.3) is 0 Å². The average Bonchev–Trinajstić information content (AvgIpc) is 2.35. The van der Waals surface area contributed by atoms with Crippen molar-refractivity contribution in [2.24, 2.45) is 0 Å². The Hall–Kier alpha value is 0.365. The number of hydrogen-bond acceptors (Lipinski definition) is 3. The first-order valence-electron chi connectivity index (χ1n) is 4.47. The third-order valence-electron chi connectivity index (χ3n) is 2.07. The molecule has 1 rings (SSSR count). The van der Waals surface area contributed by atoms with Gasteiger partial charge in [0.1, 0.15) is 0 Å². The van der Waals surface area contributed by atoms with Gasteiger partial charge in [0.05, 0.1) is 0 Å². The predicted octanol–water partition coefficient (Wildman–Crippen LogP) is 1.53. The van der Waals surface area contributed by atoms with Gasteiger partial charge in [-0.3, -0.25) is 0 Å². The summed E-state index contributed by atoms with van der Waals surface area (Å²) in [4.78, 5) is 10.5. The molecule has 3 nitrogen and oxygen atoms in total. The van der Waals surface area contributed by atoms with Crippen molar-refractivity contribution >= 4 is 5.97 Å². The Kier molecular flexibility index (Phi) is 4.50. The van der Waals surface area contributed by atoms with E-state index in [4.69, 9.17) is 7.38 Å². The Labute approximate surface area is 85.9 Å². The van der Waals surface area contributed by atoms with E-state index in [1.165, 1.54) is 13.3 Å². The standard InChI is InChI=1S/C6H11O.C2H4O2.Hg/c1-5-3-4-6(2)7-5;1-2(3)4;/h5-6H,1,3-4H2,2H3;1H3,(H,3,4);/q;;+1/p-1. The van der Waals surface area contributed by atoms with E-state index >= 15 is 0 Å². The van der Waals surface area contributed by atoms with Crippen molar-refractivity contribution in [1.29, 1.82) is 0 Å². The van der Waals surface area contributed by atoms with Gasteiger partial charge in [0.25, 0.3) is 0 Å². The normalized spacial score (nSPS) is 28.2. The van der Waals surface area contributed by atoms with E-state index in [1.807, 2.05) is 0 Å². The Bertz CT molecular complexity index is 160. The zero-order chi connectivity index (χ0) is 8.97. The van der Waals surface area contributed by atoms with Crippen LogP contribution in [0.15, 0.2) is 0 Å². The van der Waals surface area contributed by atoms with Crippen LogP contribution in [-0.2, 0) is 37.2 Å². The summed E-state index contributed by atoms with van der Waals surface area (Å²) in [5.41, 5.74) is 0. The Morgan fingerprint density at radius 3 is 2.92 bits per heavy atom. The molecular formula is C8H14HgO3. The summed E-state index contributed by atoms with van der Waals surface area (Å²) in [6.07, 6.45) is 3.14. The molecule has 0 spiro atoms. The molecule has 0 aliphatic carbocycles. The number of rotatable bonds is 3. The molecule has 4 heteroatoms. The fourth-order valence-corrected chi connectivity index (χ4v) is 5.68. The van der Waals surface area contributed by atoms with Crippen LogP contribution in [0.2, 0.25) is 3.93 Å². The SMILES string of the molecule is CC(=O)[O][Hg][CH2]C1CCC(C)O1. The van der Waals surface area contributed by atoms with Crippen molar-refractivity contribution in [2.75, 3.05) is 0 Å². The van der Waals surface area contributed by atoms with Crippen molar-refractivity contribution in [3.63, 3.8) is 0 Å². The molecule has 0 aromatic heterocycles. The van der Waals surface area contributed by atoms with Crippen LogP contribution < -0.4 is 0 Å². The molecule has 0 bridgehead atoms. The number of ether oxygens (including phenoxy) is 1. The molecule has 1 aliphatic heterocycles. The molecule has 2 atom stereocenters. The molecular weight excluding hydrogens is 345 g/mol. The second-order valence-corrected chi connectivity index (χ2v) is 8.23. The molecule has 0 N–H and O–H groups in total. The maximum absolute atomic E-state index is 10.5. The van der Waals surface area contributed by atoms with Crippen LogP contribution in [0, 0.1) is 0 Å².